The molecule has 114 valence electrons. The van der Waals surface area contributed by atoms with Gasteiger partial charge in [0.05, 0.1) is 11.6 Å². The van der Waals surface area contributed by atoms with Gasteiger partial charge in [-0.15, -0.1) is 0 Å². The van der Waals surface area contributed by atoms with Gasteiger partial charge in [0.15, 0.2) is 0 Å². The molecule has 1 saturated heterocycles. The lowest BCUT2D eigenvalue weighted by atomic mass is 10.1. The van der Waals surface area contributed by atoms with Crippen LogP contribution in [0.3, 0.4) is 0 Å². The Hall–Kier alpha value is -3.33. The first-order valence-electron chi connectivity index (χ1n) is 7.08. The molecule has 0 aliphatic carbocycles. The van der Waals surface area contributed by atoms with E-state index in [1.165, 1.54) is 6.08 Å². The summed E-state index contributed by atoms with van der Waals surface area (Å²) in [6.07, 6.45) is 1.48. The molecule has 1 aliphatic heterocycles. The molecule has 2 aromatic rings. The van der Waals surface area contributed by atoms with E-state index in [-0.39, 0.29) is 11.6 Å². The third-order valence-electron chi connectivity index (χ3n) is 3.50. The second-order valence-corrected chi connectivity index (χ2v) is 4.90. The van der Waals surface area contributed by atoms with E-state index in [1.54, 1.807) is 37.3 Å². The number of amides is 3. The van der Waals surface area contributed by atoms with E-state index in [0.29, 0.717) is 29.2 Å². The summed E-state index contributed by atoms with van der Waals surface area (Å²) in [5.41, 5.74) is 1.35. The van der Waals surface area contributed by atoms with Crippen molar-refractivity contribution >= 4 is 18.0 Å². The first-order chi connectivity index (χ1) is 11.1. The fraction of sp³-hybridized carbons (Fsp3) is 0.118. The summed E-state index contributed by atoms with van der Waals surface area (Å²) in [6, 6.07) is 12.2. The molecule has 1 N–H and O–H groups in total. The molecule has 23 heavy (non-hydrogen) atoms. The monoisotopic (exact) mass is 307 g/mol. The number of nitriles is 1. The van der Waals surface area contributed by atoms with Crippen molar-refractivity contribution in [2.75, 3.05) is 6.54 Å². The highest BCUT2D eigenvalue weighted by atomic mass is 16.3. The SMILES string of the molecule is CCN1C(=O)N/C(=C/c2ccc(-c3ccccc3C#N)o2)C1=O. The van der Waals surface area contributed by atoms with Gasteiger partial charge >= 0.3 is 6.03 Å². The minimum atomic E-state index is -0.439. The van der Waals surface area contributed by atoms with Crippen LogP contribution >= 0.6 is 0 Å². The second kappa shape index (κ2) is 5.81. The average Bonchev–Trinajstić information content (AvgIpc) is 3.12. The molecule has 2 heterocycles. The maximum atomic E-state index is 12.0. The van der Waals surface area contributed by atoms with Crippen LogP contribution in [-0.2, 0) is 4.79 Å². The Morgan fingerprint density at radius 1 is 1.26 bits per heavy atom. The van der Waals surface area contributed by atoms with Gasteiger partial charge in [-0.2, -0.15) is 5.26 Å². The first-order valence-corrected chi connectivity index (χ1v) is 7.08. The Bertz CT molecular complexity index is 858. The number of carbonyl (C=O) groups excluding carboxylic acids is 2. The van der Waals surface area contributed by atoms with E-state index in [2.05, 4.69) is 11.4 Å². The lowest BCUT2D eigenvalue weighted by Gasteiger charge is -2.05. The van der Waals surface area contributed by atoms with E-state index < -0.39 is 6.03 Å². The van der Waals surface area contributed by atoms with Crippen LogP contribution in [0.2, 0.25) is 0 Å². The molecule has 1 aromatic heterocycles. The summed E-state index contributed by atoms with van der Waals surface area (Å²) in [7, 11) is 0. The molecule has 0 spiro atoms. The van der Waals surface area contributed by atoms with Crippen molar-refractivity contribution in [1.82, 2.24) is 10.2 Å². The molecule has 0 bridgehead atoms. The maximum absolute atomic E-state index is 12.0. The van der Waals surface area contributed by atoms with Crippen LogP contribution in [0.1, 0.15) is 18.2 Å². The summed E-state index contributed by atoms with van der Waals surface area (Å²) in [4.78, 5) is 24.7. The fourth-order valence-corrected chi connectivity index (χ4v) is 2.37. The van der Waals surface area contributed by atoms with Gasteiger partial charge in [-0.05, 0) is 31.2 Å². The second-order valence-electron chi connectivity index (χ2n) is 4.90. The van der Waals surface area contributed by atoms with Crippen LogP contribution < -0.4 is 5.32 Å². The molecule has 0 atom stereocenters. The molecule has 6 nitrogen and oxygen atoms in total. The molecule has 0 saturated carbocycles. The summed E-state index contributed by atoms with van der Waals surface area (Å²) in [5.74, 6) is 0.570. The number of carbonyl (C=O) groups is 2. The standard InChI is InChI=1S/C17H13N3O3/c1-2-20-16(21)14(19-17(20)22)9-12-7-8-15(23-12)13-6-4-3-5-11(13)10-18/h3-9H,2H2,1H3,(H,19,22)/b14-9+. The number of benzene rings is 1. The van der Waals surface area contributed by atoms with Gasteiger partial charge in [0.1, 0.15) is 17.2 Å². The van der Waals surface area contributed by atoms with Crippen LogP contribution in [0.4, 0.5) is 4.79 Å². The molecule has 6 heteroatoms. The smallest absolute Gasteiger partial charge is 0.328 e. The van der Waals surface area contributed by atoms with Gasteiger partial charge in [-0.1, -0.05) is 12.1 Å². The normalized spacial score (nSPS) is 15.8. The largest absolute Gasteiger partial charge is 0.457 e. The lowest BCUT2D eigenvalue weighted by Crippen LogP contribution is -2.30. The number of hydrogen-bond acceptors (Lipinski definition) is 4. The number of likely N-dealkylation sites (N-methyl/N-ethyl adjacent to an activating group) is 1. The molecule has 0 unspecified atom stereocenters. The number of nitrogens with one attached hydrogen (secondary N) is 1. The van der Waals surface area contributed by atoms with Crippen molar-refractivity contribution in [2.45, 2.75) is 6.92 Å². The topological polar surface area (TPSA) is 86.3 Å². The molecule has 0 radical (unpaired) electrons. The summed E-state index contributed by atoms with van der Waals surface area (Å²) >= 11 is 0. The summed E-state index contributed by atoms with van der Waals surface area (Å²) in [5, 5.41) is 11.6. The fourth-order valence-electron chi connectivity index (χ4n) is 2.37. The Labute approximate surface area is 132 Å². The molecule has 3 rings (SSSR count). The van der Waals surface area contributed by atoms with Gasteiger partial charge in [0.2, 0.25) is 0 Å². The number of furan rings is 1. The minimum Gasteiger partial charge on any atom is -0.457 e. The van der Waals surface area contributed by atoms with Crippen molar-refractivity contribution in [3.05, 3.63) is 53.4 Å². The zero-order valence-corrected chi connectivity index (χ0v) is 12.4. The summed E-state index contributed by atoms with van der Waals surface area (Å²) in [6.45, 7) is 2.03. The van der Waals surface area contributed by atoms with Gasteiger partial charge in [-0.3, -0.25) is 9.69 Å². The van der Waals surface area contributed by atoms with E-state index >= 15 is 0 Å². The van der Waals surface area contributed by atoms with E-state index in [1.807, 2.05) is 6.07 Å². The summed E-state index contributed by atoms with van der Waals surface area (Å²) < 4.78 is 5.68. The predicted octanol–water partition coefficient (Wildman–Crippen LogP) is 2.73. The highest BCUT2D eigenvalue weighted by molar-refractivity contribution is 6.13. The Kier molecular flexibility index (Phi) is 3.69. The van der Waals surface area contributed by atoms with Crippen LogP contribution in [0, 0.1) is 11.3 Å². The van der Waals surface area contributed by atoms with Crippen LogP contribution in [-0.4, -0.2) is 23.4 Å². The van der Waals surface area contributed by atoms with E-state index in [9.17, 15) is 9.59 Å². The Morgan fingerprint density at radius 2 is 2.04 bits per heavy atom. The van der Waals surface area contributed by atoms with Gasteiger partial charge in [0, 0.05) is 18.2 Å². The van der Waals surface area contributed by atoms with Crippen molar-refractivity contribution in [3.8, 4) is 17.4 Å². The molecular formula is C17H13N3O3. The molecular weight excluding hydrogens is 294 g/mol. The predicted molar refractivity (Wildman–Crippen MR) is 82.8 cm³/mol. The molecule has 1 fully saturated rings. The zero-order chi connectivity index (χ0) is 16.4. The number of nitrogens with zero attached hydrogens (tertiary/aromatic N) is 2. The molecule has 1 aliphatic rings. The minimum absolute atomic E-state index is 0.173. The van der Waals surface area contributed by atoms with Crippen LogP contribution in [0.5, 0.6) is 0 Å². The number of urea groups is 1. The molecule has 3 amide bonds. The van der Waals surface area contributed by atoms with E-state index in [0.717, 1.165) is 4.90 Å². The van der Waals surface area contributed by atoms with Gasteiger partial charge in [-0.25, -0.2) is 4.79 Å². The number of rotatable bonds is 3. The molecule has 1 aromatic carbocycles. The third kappa shape index (κ3) is 2.60. The zero-order valence-electron chi connectivity index (χ0n) is 12.4. The van der Waals surface area contributed by atoms with Crippen LogP contribution in [0.15, 0.2) is 46.5 Å². The van der Waals surface area contributed by atoms with Crippen LogP contribution in [0.25, 0.3) is 17.4 Å². The van der Waals surface area contributed by atoms with Crippen molar-refractivity contribution in [2.24, 2.45) is 0 Å². The average molecular weight is 307 g/mol. The highest BCUT2D eigenvalue weighted by Gasteiger charge is 2.32. The number of hydrogen-bond donors (Lipinski definition) is 1. The number of imide groups is 1. The Balaban J connectivity index is 1.92. The quantitative estimate of drug-likeness (QED) is 0.697. The highest BCUT2D eigenvalue weighted by Crippen LogP contribution is 2.26. The van der Waals surface area contributed by atoms with Gasteiger partial charge in [0.25, 0.3) is 5.91 Å². The van der Waals surface area contributed by atoms with E-state index in [4.69, 9.17) is 9.68 Å². The lowest BCUT2D eigenvalue weighted by molar-refractivity contribution is -0.122. The van der Waals surface area contributed by atoms with Gasteiger partial charge < -0.3 is 9.73 Å². The van der Waals surface area contributed by atoms with Crippen molar-refractivity contribution < 1.29 is 14.0 Å². The maximum Gasteiger partial charge on any atom is 0.328 e. The Morgan fingerprint density at radius 3 is 2.74 bits per heavy atom. The third-order valence-corrected chi connectivity index (χ3v) is 3.50. The first kappa shape index (κ1) is 14.6. The van der Waals surface area contributed by atoms with Crippen molar-refractivity contribution in [3.63, 3.8) is 0 Å². The van der Waals surface area contributed by atoms with Crippen molar-refractivity contribution in [1.29, 1.82) is 5.26 Å².